The zero-order valence-electron chi connectivity index (χ0n) is 6.65. The summed E-state index contributed by atoms with van der Waals surface area (Å²) in [6.45, 7) is -5.61. The fourth-order valence-corrected chi connectivity index (χ4v) is 1.07. The summed E-state index contributed by atoms with van der Waals surface area (Å²) in [6, 6.07) is 1.78. The van der Waals surface area contributed by atoms with Gasteiger partial charge >= 0.3 is 6.98 Å². The normalized spacial score (nSPS) is 12.2. The van der Waals surface area contributed by atoms with Crippen molar-refractivity contribution in [2.45, 2.75) is 6.43 Å². The minimum absolute atomic E-state index is 0.449. The van der Waals surface area contributed by atoms with Crippen LogP contribution in [0.3, 0.4) is 0 Å². The topological polar surface area (TPSA) is 0 Å². The van der Waals surface area contributed by atoms with E-state index in [9.17, 15) is 26.1 Å². The van der Waals surface area contributed by atoms with Gasteiger partial charge in [-0.2, -0.15) is 0 Å². The molecule has 1 rings (SSSR count). The Morgan fingerprint density at radius 1 is 1.07 bits per heavy atom. The molecule has 0 spiro atoms. The van der Waals surface area contributed by atoms with Crippen LogP contribution in [0.15, 0.2) is 18.2 Å². The lowest BCUT2D eigenvalue weighted by atomic mass is 9.77. The van der Waals surface area contributed by atoms with Gasteiger partial charge in [-0.15, -0.1) is 0 Å². The van der Waals surface area contributed by atoms with Crippen molar-refractivity contribution in [2.24, 2.45) is 0 Å². The third-order valence-electron chi connectivity index (χ3n) is 1.66. The second-order valence-electron chi connectivity index (χ2n) is 2.62. The molecule has 0 saturated carbocycles. The Morgan fingerprint density at radius 3 is 2.00 bits per heavy atom. The van der Waals surface area contributed by atoms with E-state index in [1.807, 2.05) is 0 Å². The fraction of sp³-hybridized carbons (Fsp3) is 0.143. The predicted molar refractivity (Wildman–Crippen MR) is 40.1 cm³/mol. The first-order chi connectivity index (χ1) is 6.34. The maximum absolute atomic E-state index is 12.7. The summed E-state index contributed by atoms with van der Waals surface area (Å²) in [4.78, 5) is 0. The second kappa shape index (κ2) is 3.55. The van der Waals surface area contributed by atoms with E-state index in [1.54, 1.807) is 0 Å². The third kappa shape index (κ3) is 2.02. The van der Waals surface area contributed by atoms with Gasteiger partial charge in [-0.25, -0.2) is 13.2 Å². The summed E-state index contributed by atoms with van der Waals surface area (Å²) in [5.41, 5.74) is -3.14. The second-order valence-corrected chi connectivity index (χ2v) is 2.62. The van der Waals surface area contributed by atoms with Crippen LogP contribution >= 0.6 is 0 Å². The van der Waals surface area contributed by atoms with E-state index in [0.29, 0.717) is 12.1 Å². The maximum atomic E-state index is 12.7. The zero-order valence-corrected chi connectivity index (χ0v) is 6.65. The molecule has 14 heavy (non-hydrogen) atoms. The molecule has 7 heteroatoms. The summed E-state index contributed by atoms with van der Waals surface area (Å²) in [5.74, 6) is -1.53. The molecule has 0 aliphatic rings. The predicted octanol–water partition coefficient (Wildman–Crippen LogP) is 2.82. The number of rotatable bonds is 2. The van der Waals surface area contributed by atoms with Gasteiger partial charge in [-0.3, -0.25) is 0 Å². The van der Waals surface area contributed by atoms with Crippen LogP contribution in [0.1, 0.15) is 12.0 Å². The Kier molecular flexibility index (Phi) is 2.77. The molecule has 1 aromatic carbocycles. The number of benzene rings is 1. The van der Waals surface area contributed by atoms with Crippen molar-refractivity contribution in [2.75, 3.05) is 0 Å². The van der Waals surface area contributed by atoms with Gasteiger partial charge in [0.15, 0.2) is 0 Å². The van der Waals surface area contributed by atoms with E-state index in [1.165, 1.54) is 0 Å². The van der Waals surface area contributed by atoms with Gasteiger partial charge in [-0.1, -0.05) is 17.6 Å². The SMILES string of the molecule is Fc1cccc([B-](F)(F)F)c1C(F)F. The molecule has 0 unspecified atom stereocenters. The maximum Gasteiger partial charge on any atom is 0.510 e. The molecule has 0 fully saturated rings. The van der Waals surface area contributed by atoms with Crippen LogP contribution in [0.4, 0.5) is 26.1 Å². The molecule has 1 aromatic rings. The molecule has 0 heterocycles. The molecule has 0 aliphatic carbocycles. The Hall–Kier alpha value is -1.14. The van der Waals surface area contributed by atoms with Gasteiger partial charge in [0.05, 0.1) is 0 Å². The summed E-state index contributed by atoms with van der Waals surface area (Å²) in [6.07, 6.45) is -3.46. The average Bonchev–Trinajstić information content (AvgIpc) is 2.01. The highest BCUT2D eigenvalue weighted by molar-refractivity contribution is 6.74. The first-order valence-electron chi connectivity index (χ1n) is 3.60. The van der Waals surface area contributed by atoms with Crippen LogP contribution in [-0.2, 0) is 0 Å². The highest BCUT2D eigenvalue weighted by Gasteiger charge is 2.32. The van der Waals surface area contributed by atoms with E-state index in [-0.39, 0.29) is 0 Å². The number of hydrogen-bond donors (Lipinski definition) is 0. The van der Waals surface area contributed by atoms with Gasteiger partial charge in [0, 0.05) is 5.56 Å². The Morgan fingerprint density at radius 2 is 1.64 bits per heavy atom. The van der Waals surface area contributed by atoms with Crippen molar-refractivity contribution in [1.29, 1.82) is 0 Å². The fourth-order valence-electron chi connectivity index (χ4n) is 1.07. The molecule has 0 N–H and O–H groups in total. The molecular weight excluding hydrogens is 209 g/mol. The van der Waals surface area contributed by atoms with E-state index >= 15 is 0 Å². The first kappa shape index (κ1) is 10.9. The molecule has 0 amide bonds. The summed E-state index contributed by atoms with van der Waals surface area (Å²) >= 11 is 0. The molecule has 0 aliphatic heterocycles. The van der Waals surface area contributed by atoms with Crippen LogP contribution in [0.2, 0.25) is 0 Å². The quantitative estimate of drug-likeness (QED) is 0.523. The monoisotopic (exact) mass is 213 g/mol. The third-order valence-corrected chi connectivity index (χ3v) is 1.66. The lowest BCUT2D eigenvalue weighted by Crippen LogP contribution is -2.37. The molecule has 0 atom stereocenters. The van der Waals surface area contributed by atoms with Crippen LogP contribution in [0.25, 0.3) is 0 Å². The van der Waals surface area contributed by atoms with Crippen molar-refractivity contribution in [3.63, 3.8) is 0 Å². The van der Waals surface area contributed by atoms with E-state index < -0.39 is 30.2 Å². The van der Waals surface area contributed by atoms with Crippen LogP contribution < -0.4 is 5.46 Å². The first-order valence-corrected chi connectivity index (χ1v) is 3.60. The zero-order chi connectivity index (χ0) is 10.9. The van der Waals surface area contributed by atoms with Gasteiger partial charge in [0.1, 0.15) is 5.82 Å². The summed E-state index contributed by atoms with van der Waals surface area (Å²) in [5, 5.41) is 0. The molecule has 0 aromatic heterocycles. The number of alkyl halides is 2. The molecule has 78 valence electrons. The van der Waals surface area contributed by atoms with Crippen molar-refractivity contribution in [3.8, 4) is 0 Å². The van der Waals surface area contributed by atoms with Crippen LogP contribution in [0, 0.1) is 5.82 Å². The molecule has 0 nitrogen and oxygen atoms in total. The van der Waals surface area contributed by atoms with Gasteiger partial charge in [0.2, 0.25) is 0 Å². The van der Waals surface area contributed by atoms with E-state index in [4.69, 9.17) is 0 Å². The number of halogens is 6. The highest BCUT2D eigenvalue weighted by atomic mass is 19.4. The standard InChI is InChI=1S/C7H4BF6/c9-5-3-1-2-4(8(12,13)14)6(5)7(10)11/h1-3,7H/q-1. The largest absolute Gasteiger partial charge is 0.510 e. The lowest BCUT2D eigenvalue weighted by molar-refractivity contribution is 0.147. The van der Waals surface area contributed by atoms with E-state index in [2.05, 4.69) is 0 Å². The molecule has 0 saturated heterocycles. The van der Waals surface area contributed by atoms with E-state index in [0.717, 1.165) is 6.07 Å². The lowest BCUT2D eigenvalue weighted by Gasteiger charge is -2.19. The molecule has 0 radical (unpaired) electrons. The summed E-state index contributed by atoms with van der Waals surface area (Å²) < 4.78 is 73.3. The minimum atomic E-state index is -5.61. The highest BCUT2D eigenvalue weighted by Crippen LogP contribution is 2.23. The number of hydrogen-bond acceptors (Lipinski definition) is 0. The van der Waals surface area contributed by atoms with Crippen molar-refractivity contribution in [1.82, 2.24) is 0 Å². The Labute approximate surface area is 75.6 Å². The molecular formula is C7H4BF6-. The van der Waals surface area contributed by atoms with Crippen molar-refractivity contribution in [3.05, 3.63) is 29.6 Å². The van der Waals surface area contributed by atoms with Crippen LogP contribution in [-0.4, -0.2) is 6.98 Å². The van der Waals surface area contributed by atoms with Gasteiger partial charge in [-0.05, 0) is 6.07 Å². The Balaban J connectivity index is 3.36. The van der Waals surface area contributed by atoms with Crippen molar-refractivity contribution >= 4 is 12.4 Å². The minimum Gasteiger partial charge on any atom is -0.445 e. The molecule has 0 bridgehead atoms. The summed E-state index contributed by atoms with van der Waals surface area (Å²) in [7, 11) is 0. The van der Waals surface area contributed by atoms with Crippen molar-refractivity contribution < 1.29 is 26.1 Å². The average molecular weight is 213 g/mol. The Bertz CT molecular complexity index is 331. The van der Waals surface area contributed by atoms with Gasteiger partial charge in [0.25, 0.3) is 6.43 Å². The smallest absolute Gasteiger partial charge is 0.445 e. The van der Waals surface area contributed by atoms with Gasteiger partial charge < -0.3 is 12.9 Å². The van der Waals surface area contributed by atoms with Crippen LogP contribution in [0.5, 0.6) is 0 Å².